The average molecular weight is 363 g/mol. The third kappa shape index (κ3) is 5.09. The van der Waals surface area contributed by atoms with Crippen molar-refractivity contribution >= 4 is 5.88 Å². The van der Waals surface area contributed by atoms with E-state index >= 15 is 0 Å². The molecule has 0 saturated heterocycles. The molecule has 27 heavy (non-hydrogen) atoms. The van der Waals surface area contributed by atoms with Crippen molar-refractivity contribution in [3.63, 3.8) is 0 Å². The minimum atomic E-state index is 0.152. The molecule has 0 unspecified atom stereocenters. The highest BCUT2D eigenvalue weighted by Crippen LogP contribution is 2.23. The summed E-state index contributed by atoms with van der Waals surface area (Å²) in [6.07, 6.45) is 0.807. The van der Waals surface area contributed by atoms with Crippen LogP contribution in [0.4, 0.5) is 5.88 Å². The van der Waals surface area contributed by atoms with E-state index in [1.54, 1.807) is 7.11 Å². The number of benzene rings is 2. The number of ether oxygens (including phenoxy) is 2. The van der Waals surface area contributed by atoms with Crippen molar-refractivity contribution in [3.05, 3.63) is 66.2 Å². The lowest BCUT2D eigenvalue weighted by Gasteiger charge is -2.06. The number of nitrogens with zero attached hydrogens (tertiary/aromatic N) is 2. The number of nitriles is 1. The first-order chi connectivity index (χ1) is 13.3. The first-order valence-electron chi connectivity index (χ1n) is 8.71. The third-order valence-electron chi connectivity index (χ3n) is 3.91. The van der Waals surface area contributed by atoms with Crippen LogP contribution in [0.3, 0.4) is 0 Å². The molecule has 1 aromatic heterocycles. The van der Waals surface area contributed by atoms with Crippen LogP contribution in [0.25, 0.3) is 11.1 Å². The van der Waals surface area contributed by atoms with E-state index in [1.165, 1.54) is 0 Å². The van der Waals surface area contributed by atoms with Crippen LogP contribution in [0.15, 0.2) is 59.0 Å². The van der Waals surface area contributed by atoms with E-state index in [1.807, 2.05) is 48.5 Å². The topological polar surface area (TPSA) is 80.3 Å². The number of rotatable bonds is 9. The molecule has 6 nitrogen and oxygen atoms in total. The minimum absolute atomic E-state index is 0.152. The van der Waals surface area contributed by atoms with E-state index in [2.05, 4.69) is 22.4 Å². The van der Waals surface area contributed by atoms with Crippen LogP contribution in [0.2, 0.25) is 0 Å². The van der Waals surface area contributed by atoms with E-state index in [0.717, 1.165) is 17.5 Å². The van der Waals surface area contributed by atoms with E-state index in [-0.39, 0.29) is 12.3 Å². The van der Waals surface area contributed by atoms with Gasteiger partial charge >= 0.3 is 0 Å². The standard InChI is InChI=1S/C21H21N3O3/c1-25-13-5-12-23-21-19(14-22)24-20(27-21)15-26-18-10-8-17(9-11-18)16-6-3-2-4-7-16/h2-4,6-11,23H,5,12-13,15H2,1H3. The SMILES string of the molecule is COCCCNc1oc(COc2ccc(-c3ccccc3)cc2)nc1C#N. The second-order valence-electron chi connectivity index (χ2n) is 5.85. The van der Waals surface area contributed by atoms with Gasteiger partial charge in [0.05, 0.1) is 0 Å². The van der Waals surface area contributed by atoms with Gasteiger partial charge < -0.3 is 19.2 Å². The quantitative estimate of drug-likeness (QED) is 0.573. The molecule has 0 amide bonds. The molecular formula is C21H21N3O3. The van der Waals surface area contributed by atoms with Crippen molar-refractivity contribution in [2.45, 2.75) is 13.0 Å². The predicted octanol–water partition coefficient (Wildman–Crippen LogP) is 4.24. The summed E-state index contributed by atoms with van der Waals surface area (Å²) in [7, 11) is 1.65. The van der Waals surface area contributed by atoms with Crippen molar-refractivity contribution < 1.29 is 13.9 Å². The Morgan fingerprint density at radius 3 is 2.52 bits per heavy atom. The smallest absolute Gasteiger partial charge is 0.236 e. The van der Waals surface area contributed by atoms with Gasteiger partial charge in [0.25, 0.3) is 0 Å². The van der Waals surface area contributed by atoms with Crippen molar-refractivity contribution in [1.29, 1.82) is 5.26 Å². The fourth-order valence-electron chi connectivity index (χ4n) is 2.56. The van der Waals surface area contributed by atoms with Crippen LogP contribution in [-0.4, -0.2) is 25.2 Å². The molecule has 0 aliphatic carbocycles. The number of aromatic nitrogens is 1. The summed E-state index contributed by atoms with van der Waals surface area (Å²) in [6, 6.07) is 20.0. The van der Waals surface area contributed by atoms with Crippen LogP contribution >= 0.6 is 0 Å². The minimum Gasteiger partial charge on any atom is -0.484 e. The molecule has 0 saturated carbocycles. The van der Waals surface area contributed by atoms with Crippen LogP contribution in [0, 0.1) is 11.3 Å². The van der Waals surface area contributed by atoms with Crippen molar-refractivity contribution in [3.8, 4) is 22.9 Å². The summed E-state index contributed by atoms with van der Waals surface area (Å²) in [4.78, 5) is 4.16. The van der Waals surface area contributed by atoms with Crippen LogP contribution in [0.5, 0.6) is 5.75 Å². The highest BCUT2D eigenvalue weighted by molar-refractivity contribution is 5.63. The number of hydrogen-bond donors (Lipinski definition) is 1. The van der Waals surface area contributed by atoms with Gasteiger partial charge in [-0.3, -0.25) is 0 Å². The summed E-state index contributed by atoms with van der Waals surface area (Å²) >= 11 is 0. The van der Waals surface area contributed by atoms with Crippen LogP contribution < -0.4 is 10.1 Å². The van der Waals surface area contributed by atoms with E-state index < -0.39 is 0 Å². The highest BCUT2D eigenvalue weighted by atomic mass is 16.5. The number of nitrogens with one attached hydrogen (secondary N) is 1. The molecule has 0 radical (unpaired) electrons. The van der Waals surface area contributed by atoms with E-state index in [9.17, 15) is 5.26 Å². The maximum atomic E-state index is 9.18. The summed E-state index contributed by atoms with van der Waals surface area (Å²) in [6.45, 7) is 1.43. The maximum Gasteiger partial charge on any atom is 0.236 e. The number of methoxy groups -OCH3 is 1. The molecule has 2 aromatic carbocycles. The zero-order valence-corrected chi connectivity index (χ0v) is 15.1. The molecule has 0 fully saturated rings. The Morgan fingerprint density at radius 2 is 1.81 bits per heavy atom. The number of hydrogen-bond acceptors (Lipinski definition) is 6. The van der Waals surface area contributed by atoms with Crippen LogP contribution in [0.1, 0.15) is 18.0 Å². The number of oxazole rings is 1. The van der Waals surface area contributed by atoms with Gasteiger partial charge in [0, 0.05) is 20.3 Å². The fraction of sp³-hybridized carbons (Fsp3) is 0.238. The highest BCUT2D eigenvalue weighted by Gasteiger charge is 2.13. The molecule has 0 bridgehead atoms. The van der Waals surface area contributed by atoms with Crippen LogP contribution in [-0.2, 0) is 11.3 Å². The lowest BCUT2D eigenvalue weighted by molar-refractivity contribution is 0.197. The molecule has 3 aromatic rings. The Morgan fingerprint density at radius 1 is 1.07 bits per heavy atom. The molecule has 1 N–H and O–H groups in total. The average Bonchev–Trinajstić information content (AvgIpc) is 3.13. The van der Waals surface area contributed by atoms with Gasteiger partial charge in [-0.2, -0.15) is 10.2 Å². The van der Waals surface area contributed by atoms with Gasteiger partial charge in [-0.15, -0.1) is 0 Å². The predicted molar refractivity (Wildman–Crippen MR) is 102 cm³/mol. The second kappa shape index (κ2) is 9.41. The van der Waals surface area contributed by atoms with Crippen molar-refractivity contribution in [2.24, 2.45) is 0 Å². The van der Waals surface area contributed by atoms with Crippen molar-refractivity contribution in [2.75, 3.05) is 25.6 Å². The fourth-order valence-corrected chi connectivity index (χ4v) is 2.56. The lowest BCUT2D eigenvalue weighted by atomic mass is 10.1. The Bertz CT molecular complexity index is 883. The molecule has 0 aliphatic rings. The van der Waals surface area contributed by atoms with E-state index in [0.29, 0.717) is 30.7 Å². The van der Waals surface area contributed by atoms with E-state index in [4.69, 9.17) is 13.9 Å². The first-order valence-corrected chi connectivity index (χ1v) is 8.71. The largest absolute Gasteiger partial charge is 0.484 e. The molecule has 0 spiro atoms. The molecule has 3 rings (SSSR count). The normalized spacial score (nSPS) is 10.4. The lowest BCUT2D eigenvalue weighted by Crippen LogP contribution is -2.04. The van der Waals surface area contributed by atoms with Gasteiger partial charge in [-0.1, -0.05) is 42.5 Å². The summed E-state index contributed by atoms with van der Waals surface area (Å²) in [5.41, 5.74) is 2.50. The van der Waals surface area contributed by atoms with Gasteiger partial charge in [0.2, 0.25) is 17.5 Å². The second-order valence-corrected chi connectivity index (χ2v) is 5.85. The Balaban J connectivity index is 1.58. The monoisotopic (exact) mass is 363 g/mol. The molecule has 0 atom stereocenters. The molecule has 138 valence electrons. The van der Waals surface area contributed by atoms with Gasteiger partial charge in [-0.25, -0.2) is 0 Å². The van der Waals surface area contributed by atoms with Crippen molar-refractivity contribution in [1.82, 2.24) is 4.98 Å². The summed E-state index contributed by atoms with van der Waals surface area (Å²) < 4.78 is 16.3. The summed E-state index contributed by atoms with van der Waals surface area (Å²) in [5, 5.41) is 12.2. The van der Waals surface area contributed by atoms with Gasteiger partial charge in [-0.05, 0) is 29.7 Å². The molecular weight excluding hydrogens is 342 g/mol. The Kier molecular flexibility index (Phi) is 6.45. The molecule has 1 heterocycles. The first kappa shape index (κ1) is 18.5. The number of anilines is 1. The Labute approximate surface area is 158 Å². The zero-order valence-electron chi connectivity index (χ0n) is 15.1. The Hall–Kier alpha value is -3.30. The third-order valence-corrected chi connectivity index (χ3v) is 3.91. The maximum absolute atomic E-state index is 9.18. The molecule has 6 heteroatoms. The van der Waals surface area contributed by atoms with Gasteiger partial charge in [0.1, 0.15) is 11.8 Å². The molecule has 0 aliphatic heterocycles. The van der Waals surface area contributed by atoms with Gasteiger partial charge in [0.15, 0.2) is 6.61 Å². The summed E-state index contributed by atoms with van der Waals surface area (Å²) in [5.74, 6) is 1.43. The zero-order chi connectivity index (χ0) is 18.9.